The number of ether oxygens (including phenoxy) is 1. The molecule has 0 spiro atoms. The van der Waals surface area contributed by atoms with Crippen LogP contribution in [0, 0.1) is 11.3 Å². The number of anilines is 2. The van der Waals surface area contributed by atoms with Crippen molar-refractivity contribution in [2.45, 2.75) is 18.8 Å². The lowest BCUT2D eigenvalue weighted by Gasteiger charge is -2.30. The molecule has 0 radical (unpaired) electrons. The van der Waals surface area contributed by atoms with Crippen LogP contribution in [0.5, 0.6) is 0 Å². The van der Waals surface area contributed by atoms with Crippen LogP contribution in [0.4, 0.5) is 11.1 Å². The molecule has 2 aromatic rings. The molecule has 2 N–H and O–H groups in total. The number of aromatic nitrogens is 3. The van der Waals surface area contributed by atoms with Gasteiger partial charge in [-0.2, -0.15) is 5.26 Å². The standard InChI is InChI=1S/C19H24N8O2S/c20-4-7-26-6-1-2-14(12-26)15-3-5-21-18(22-15)24-19-23-16(13-30-19)17(28)25-27-8-10-29-11-9-27/h3,5,13-14H,1-2,6-12H2,(H,25,28)(H,21,22,23,24)/t14-/m1/s1. The minimum atomic E-state index is -0.240. The highest BCUT2D eigenvalue weighted by Crippen LogP contribution is 2.26. The first-order chi connectivity index (χ1) is 14.7. The van der Waals surface area contributed by atoms with Crippen molar-refractivity contribution >= 4 is 28.3 Å². The Morgan fingerprint density at radius 2 is 2.20 bits per heavy atom. The second-order valence-electron chi connectivity index (χ2n) is 7.24. The van der Waals surface area contributed by atoms with Crippen LogP contribution >= 0.6 is 11.3 Å². The molecule has 0 aliphatic carbocycles. The SMILES string of the molecule is N#CCN1CCC[C@@H](c2ccnc(Nc3nc(C(=O)NN4CCOCC4)cs3)n2)C1. The number of carbonyl (C=O) groups is 1. The molecule has 2 aliphatic heterocycles. The van der Waals surface area contributed by atoms with Crippen LogP contribution in [0.15, 0.2) is 17.6 Å². The molecular formula is C19H24N8O2S. The Morgan fingerprint density at radius 1 is 1.33 bits per heavy atom. The van der Waals surface area contributed by atoms with Gasteiger partial charge in [0.25, 0.3) is 5.91 Å². The molecule has 11 heteroatoms. The predicted molar refractivity (Wildman–Crippen MR) is 111 cm³/mol. The van der Waals surface area contributed by atoms with E-state index in [2.05, 4.69) is 36.7 Å². The first-order valence-electron chi connectivity index (χ1n) is 10.00. The fourth-order valence-electron chi connectivity index (χ4n) is 3.61. The Hall–Kier alpha value is -2.65. The lowest BCUT2D eigenvalue weighted by Crippen LogP contribution is -2.48. The average molecular weight is 429 g/mol. The second kappa shape index (κ2) is 9.90. The number of hydrogen-bond acceptors (Lipinski definition) is 10. The molecule has 4 rings (SSSR count). The van der Waals surface area contributed by atoms with E-state index < -0.39 is 0 Å². The number of piperidine rings is 1. The van der Waals surface area contributed by atoms with E-state index in [-0.39, 0.29) is 11.8 Å². The Labute approximate surface area is 178 Å². The molecule has 0 saturated carbocycles. The summed E-state index contributed by atoms with van der Waals surface area (Å²) < 4.78 is 5.28. The lowest BCUT2D eigenvalue weighted by molar-refractivity contribution is 0.0125. The van der Waals surface area contributed by atoms with E-state index in [9.17, 15) is 4.79 Å². The van der Waals surface area contributed by atoms with E-state index in [4.69, 9.17) is 10.00 Å². The maximum absolute atomic E-state index is 12.4. The number of rotatable bonds is 6. The van der Waals surface area contributed by atoms with Crippen LogP contribution in [0.2, 0.25) is 0 Å². The van der Waals surface area contributed by atoms with E-state index in [1.165, 1.54) is 11.3 Å². The second-order valence-corrected chi connectivity index (χ2v) is 8.10. The van der Waals surface area contributed by atoms with E-state index >= 15 is 0 Å². The summed E-state index contributed by atoms with van der Waals surface area (Å²) >= 11 is 1.33. The monoisotopic (exact) mass is 428 g/mol. The Kier molecular flexibility index (Phi) is 6.81. The summed E-state index contributed by atoms with van der Waals surface area (Å²) in [4.78, 5) is 27.8. The van der Waals surface area contributed by atoms with Crippen molar-refractivity contribution in [2.24, 2.45) is 0 Å². The van der Waals surface area contributed by atoms with E-state index in [0.717, 1.165) is 31.6 Å². The van der Waals surface area contributed by atoms with E-state index in [1.54, 1.807) is 11.6 Å². The largest absolute Gasteiger partial charge is 0.379 e. The van der Waals surface area contributed by atoms with Crippen molar-refractivity contribution in [2.75, 3.05) is 51.3 Å². The number of hydrazine groups is 1. The van der Waals surface area contributed by atoms with Gasteiger partial charge in [0, 0.05) is 37.1 Å². The van der Waals surface area contributed by atoms with Gasteiger partial charge in [0.05, 0.1) is 31.5 Å². The minimum absolute atomic E-state index is 0.240. The van der Waals surface area contributed by atoms with Crippen LogP contribution in [0.3, 0.4) is 0 Å². The smallest absolute Gasteiger partial charge is 0.285 e. The number of nitrogens with one attached hydrogen (secondary N) is 2. The zero-order chi connectivity index (χ0) is 20.8. The Bertz CT molecular complexity index is 908. The molecule has 0 bridgehead atoms. The summed E-state index contributed by atoms with van der Waals surface area (Å²) in [5.74, 6) is 0.497. The summed E-state index contributed by atoms with van der Waals surface area (Å²) in [6, 6.07) is 4.15. The normalized spacial score (nSPS) is 20.4. The van der Waals surface area contributed by atoms with Gasteiger partial charge in [-0.3, -0.25) is 15.1 Å². The van der Waals surface area contributed by atoms with Crippen LogP contribution in [-0.4, -0.2) is 76.7 Å². The number of nitrogens with zero attached hydrogens (tertiary/aromatic N) is 6. The molecule has 1 atom stereocenters. The van der Waals surface area contributed by atoms with Crippen molar-refractivity contribution in [3.05, 3.63) is 29.0 Å². The Morgan fingerprint density at radius 3 is 3.03 bits per heavy atom. The highest BCUT2D eigenvalue weighted by molar-refractivity contribution is 7.14. The highest BCUT2D eigenvalue weighted by atomic mass is 32.1. The molecule has 2 saturated heterocycles. The fourth-order valence-corrected chi connectivity index (χ4v) is 4.29. The van der Waals surface area contributed by atoms with Gasteiger partial charge in [0.1, 0.15) is 5.69 Å². The van der Waals surface area contributed by atoms with Crippen molar-refractivity contribution < 1.29 is 9.53 Å². The number of hydrogen-bond donors (Lipinski definition) is 2. The zero-order valence-corrected chi connectivity index (χ0v) is 17.4. The lowest BCUT2D eigenvalue weighted by atomic mass is 9.94. The maximum Gasteiger partial charge on any atom is 0.285 e. The summed E-state index contributed by atoms with van der Waals surface area (Å²) in [5, 5.41) is 16.2. The quantitative estimate of drug-likeness (QED) is 0.657. The van der Waals surface area contributed by atoms with Crippen molar-refractivity contribution in [3.8, 4) is 6.07 Å². The first kappa shape index (κ1) is 20.6. The predicted octanol–water partition coefficient (Wildman–Crippen LogP) is 1.36. The molecule has 0 unspecified atom stereocenters. The summed E-state index contributed by atoms with van der Waals surface area (Å²) in [6.45, 7) is 4.76. The first-order valence-corrected chi connectivity index (χ1v) is 10.9. The third-order valence-corrected chi connectivity index (χ3v) is 5.88. The average Bonchev–Trinajstić information content (AvgIpc) is 3.24. The molecule has 2 aromatic heterocycles. The number of morpholine rings is 1. The van der Waals surface area contributed by atoms with E-state index in [0.29, 0.717) is 49.6 Å². The van der Waals surface area contributed by atoms with E-state index in [1.807, 2.05) is 11.1 Å². The number of nitriles is 1. The summed E-state index contributed by atoms with van der Waals surface area (Å²) in [5.41, 5.74) is 4.16. The van der Waals surface area contributed by atoms with Gasteiger partial charge >= 0.3 is 0 Å². The van der Waals surface area contributed by atoms with Crippen molar-refractivity contribution in [1.82, 2.24) is 30.3 Å². The molecule has 30 heavy (non-hydrogen) atoms. The van der Waals surface area contributed by atoms with Crippen LogP contribution < -0.4 is 10.7 Å². The van der Waals surface area contributed by atoms with Gasteiger partial charge < -0.3 is 10.1 Å². The molecule has 2 fully saturated rings. The van der Waals surface area contributed by atoms with Gasteiger partial charge in [-0.15, -0.1) is 11.3 Å². The molecule has 0 aromatic carbocycles. The van der Waals surface area contributed by atoms with Gasteiger partial charge in [0.2, 0.25) is 5.95 Å². The number of carbonyl (C=O) groups excluding carboxylic acids is 1. The zero-order valence-electron chi connectivity index (χ0n) is 16.6. The summed E-state index contributed by atoms with van der Waals surface area (Å²) in [7, 11) is 0. The molecular weight excluding hydrogens is 404 g/mol. The third-order valence-electron chi connectivity index (χ3n) is 5.12. The van der Waals surface area contributed by atoms with Crippen LogP contribution in [0.1, 0.15) is 34.9 Å². The summed E-state index contributed by atoms with van der Waals surface area (Å²) in [6.07, 6.45) is 3.82. The van der Waals surface area contributed by atoms with Gasteiger partial charge in [-0.25, -0.2) is 20.0 Å². The maximum atomic E-state index is 12.4. The van der Waals surface area contributed by atoms with Crippen LogP contribution in [-0.2, 0) is 4.74 Å². The van der Waals surface area contributed by atoms with Crippen molar-refractivity contribution in [3.63, 3.8) is 0 Å². The number of thiazole rings is 1. The molecule has 158 valence electrons. The molecule has 1 amide bonds. The third kappa shape index (κ3) is 5.28. The fraction of sp³-hybridized carbons (Fsp3) is 0.526. The minimum Gasteiger partial charge on any atom is -0.379 e. The molecule has 10 nitrogen and oxygen atoms in total. The molecule has 2 aliphatic rings. The van der Waals surface area contributed by atoms with Gasteiger partial charge in [-0.05, 0) is 25.5 Å². The topological polar surface area (TPSA) is 119 Å². The van der Waals surface area contributed by atoms with Crippen molar-refractivity contribution in [1.29, 1.82) is 5.26 Å². The van der Waals surface area contributed by atoms with Gasteiger partial charge in [-0.1, -0.05) is 0 Å². The van der Waals surface area contributed by atoms with Crippen LogP contribution in [0.25, 0.3) is 0 Å². The van der Waals surface area contributed by atoms with Gasteiger partial charge in [0.15, 0.2) is 5.13 Å². The number of likely N-dealkylation sites (tertiary alicyclic amines) is 1. The molecule has 4 heterocycles. The highest BCUT2D eigenvalue weighted by Gasteiger charge is 2.23. The number of amides is 1. The Balaban J connectivity index is 1.37.